The number of hydrogen-bond donors (Lipinski definition) is 3. The maximum atomic E-state index is 11.9. The first-order chi connectivity index (χ1) is 9.99. The highest BCUT2D eigenvalue weighted by Crippen LogP contribution is 2.42. The number of rotatable bonds is 4. The molecule has 0 spiro atoms. The second kappa shape index (κ2) is 5.94. The maximum absolute atomic E-state index is 11.9. The van der Waals surface area contributed by atoms with Crippen LogP contribution in [-0.4, -0.2) is 44.9 Å². The van der Waals surface area contributed by atoms with Crippen LogP contribution in [0, 0.1) is 5.92 Å². The highest BCUT2D eigenvalue weighted by molar-refractivity contribution is 6.25. The van der Waals surface area contributed by atoms with Crippen molar-refractivity contribution in [2.24, 2.45) is 10.9 Å². The van der Waals surface area contributed by atoms with E-state index in [0.29, 0.717) is 0 Å². The summed E-state index contributed by atoms with van der Waals surface area (Å²) in [6, 6.07) is 1.14. The smallest absolute Gasteiger partial charge is 0.330 e. The van der Waals surface area contributed by atoms with Gasteiger partial charge in [-0.15, -0.1) is 0 Å². The molecular formula is C12H14ClN3O5. The third-order valence-corrected chi connectivity index (χ3v) is 3.54. The van der Waals surface area contributed by atoms with Crippen LogP contribution in [0.25, 0.3) is 0 Å². The van der Waals surface area contributed by atoms with Gasteiger partial charge >= 0.3 is 5.69 Å². The van der Waals surface area contributed by atoms with E-state index in [1.165, 1.54) is 12.3 Å². The van der Waals surface area contributed by atoms with Crippen LogP contribution in [0.15, 0.2) is 38.5 Å². The summed E-state index contributed by atoms with van der Waals surface area (Å²) < 4.78 is 6.61. The Bertz CT molecular complexity index is 669. The van der Waals surface area contributed by atoms with Crippen molar-refractivity contribution in [3.63, 3.8) is 0 Å². The Morgan fingerprint density at radius 1 is 1.62 bits per heavy atom. The molecule has 0 saturated carbocycles. The molecule has 2 rings (SSSR count). The Morgan fingerprint density at radius 3 is 2.86 bits per heavy atom. The Morgan fingerprint density at radius 2 is 2.33 bits per heavy atom. The zero-order chi connectivity index (χ0) is 15.6. The topological polar surface area (TPSA) is 117 Å². The number of hydrogen-bond acceptors (Lipinski definition) is 6. The van der Waals surface area contributed by atoms with Crippen molar-refractivity contribution in [1.82, 2.24) is 9.55 Å². The molecule has 0 aliphatic carbocycles. The van der Waals surface area contributed by atoms with Crippen LogP contribution in [0.4, 0.5) is 0 Å². The van der Waals surface area contributed by atoms with Gasteiger partial charge in [0.15, 0.2) is 0 Å². The number of ether oxygens (including phenoxy) is 1. The number of aromatic amines is 1. The van der Waals surface area contributed by atoms with E-state index in [-0.39, 0.29) is 0 Å². The number of nitrogens with zero attached hydrogens (tertiary/aromatic N) is 2. The van der Waals surface area contributed by atoms with Crippen LogP contribution in [0.2, 0.25) is 0 Å². The van der Waals surface area contributed by atoms with Gasteiger partial charge in [0.2, 0.25) is 5.72 Å². The Labute approximate surface area is 124 Å². The molecule has 1 fully saturated rings. The van der Waals surface area contributed by atoms with E-state index in [0.717, 1.165) is 16.2 Å². The summed E-state index contributed by atoms with van der Waals surface area (Å²) in [6.07, 6.45) is 0.372. The molecule has 9 heteroatoms. The third kappa shape index (κ3) is 2.58. The van der Waals surface area contributed by atoms with E-state index < -0.39 is 41.8 Å². The zero-order valence-electron chi connectivity index (χ0n) is 10.8. The molecule has 8 nitrogen and oxygen atoms in total. The molecule has 1 aromatic rings. The van der Waals surface area contributed by atoms with Crippen LogP contribution < -0.4 is 11.2 Å². The van der Waals surface area contributed by atoms with Gasteiger partial charge < -0.3 is 14.9 Å². The van der Waals surface area contributed by atoms with Gasteiger partial charge in [0.05, 0.1) is 12.5 Å². The van der Waals surface area contributed by atoms with Crippen molar-refractivity contribution in [3.05, 3.63) is 44.7 Å². The number of aliphatic hydroxyl groups is 2. The molecule has 114 valence electrons. The monoisotopic (exact) mass is 315 g/mol. The lowest BCUT2D eigenvalue weighted by atomic mass is 9.96. The zero-order valence-corrected chi connectivity index (χ0v) is 11.6. The Balaban J connectivity index is 2.53. The molecular weight excluding hydrogens is 302 g/mol. The predicted octanol–water partition coefficient (Wildman–Crippen LogP) is -0.816. The van der Waals surface area contributed by atoms with Gasteiger partial charge in [0.25, 0.3) is 5.56 Å². The molecule has 3 N–H and O–H groups in total. The van der Waals surface area contributed by atoms with Crippen molar-refractivity contribution < 1.29 is 14.9 Å². The molecule has 2 heterocycles. The highest BCUT2D eigenvalue weighted by atomic mass is 35.5. The summed E-state index contributed by atoms with van der Waals surface area (Å²) in [7, 11) is 0. The number of nitrogens with one attached hydrogen (secondary N) is 1. The van der Waals surface area contributed by atoms with Crippen LogP contribution >= 0.6 is 11.6 Å². The van der Waals surface area contributed by atoms with Crippen molar-refractivity contribution in [1.29, 1.82) is 0 Å². The minimum atomic E-state index is -1.67. The molecule has 4 atom stereocenters. The Hall–Kier alpha value is -1.74. The predicted molar refractivity (Wildman–Crippen MR) is 75.3 cm³/mol. The lowest BCUT2D eigenvalue weighted by Crippen LogP contribution is -2.42. The second-order valence-electron chi connectivity index (χ2n) is 4.53. The van der Waals surface area contributed by atoms with Crippen molar-refractivity contribution in [2.45, 2.75) is 18.1 Å². The summed E-state index contributed by atoms with van der Waals surface area (Å²) >= 11 is 5.54. The minimum absolute atomic E-state index is 0.561. The van der Waals surface area contributed by atoms with Gasteiger partial charge in [-0.2, -0.15) is 0 Å². The lowest BCUT2D eigenvalue weighted by Gasteiger charge is -2.25. The largest absolute Gasteiger partial charge is 0.391 e. The molecule has 1 aliphatic rings. The maximum Gasteiger partial charge on any atom is 0.330 e. The molecule has 21 heavy (non-hydrogen) atoms. The van der Waals surface area contributed by atoms with E-state index in [1.54, 1.807) is 0 Å². The van der Waals surface area contributed by atoms with Crippen LogP contribution in [0.1, 0.15) is 6.23 Å². The fourth-order valence-corrected chi connectivity index (χ4v) is 2.45. The number of aliphatic hydroxyl groups excluding tert-OH is 2. The summed E-state index contributed by atoms with van der Waals surface area (Å²) in [6.45, 7) is 2.67. The van der Waals surface area contributed by atoms with E-state index in [4.69, 9.17) is 16.3 Å². The summed E-state index contributed by atoms with van der Waals surface area (Å²) in [4.78, 5) is 28.7. The molecule has 0 radical (unpaired) electrons. The number of H-pyrrole nitrogens is 1. The van der Waals surface area contributed by atoms with Crippen LogP contribution in [-0.2, 0) is 4.74 Å². The first kappa shape index (κ1) is 15.6. The number of aromatic nitrogens is 2. The number of halogens is 1. The first-order valence-corrected chi connectivity index (χ1v) is 6.45. The molecule has 1 aliphatic heterocycles. The summed E-state index contributed by atoms with van der Waals surface area (Å²) in [5.41, 5.74) is -1.78. The molecule has 0 bridgehead atoms. The fourth-order valence-electron chi connectivity index (χ4n) is 2.28. The molecule has 0 unspecified atom stereocenters. The standard InChI is InChI=1S/C12H14ClN3O5/c1-14-12(6-17)9(19)7(2-4-13)10(21-12)16-5-3-8(18)15-11(16)20/h2-5,7,9-10,17,19H,1,6H2,(H,15,18,20)/t7-,9-,10+,12+/m0/s1. The summed E-state index contributed by atoms with van der Waals surface area (Å²) in [5.74, 6) is -0.760. The van der Waals surface area contributed by atoms with Gasteiger partial charge in [-0.1, -0.05) is 17.7 Å². The number of aliphatic imine (C=N–C) groups is 1. The minimum Gasteiger partial charge on any atom is -0.391 e. The van der Waals surface area contributed by atoms with E-state index in [9.17, 15) is 19.8 Å². The van der Waals surface area contributed by atoms with Crippen LogP contribution in [0.3, 0.4) is 0 Å². The van der Waals surface area contributed by atoms with E-state index in [2.05, 4.69) is 16.7 Å². The Kier molecular flexibility index (Phi) is 4.43. The summed E-state index contributed by atoms with van der Waals surface area (Å²) in [5, 5.41) is 19.7. The SMILES string of the molecule is C=N[C@]1(CO)O[C@@H](n2ccc(=O)[nH]c2=O)[C@@H](C=CCl)[C@@H]1O. The van der Waals surface area contributed by atoms with E-state index in [1.807, 2.05) is 0 Å². The van der Waals surface area contributed by atoms with Crippen molar-refractivity contribution >= 4 is 18.3 Å². The second-order valence-corrected chi connectivity index (χ2v) is 4.78. The van der Waals surface area contributed by atoms with Crippen molar-refractivity contribution in [3.8, 4) is 0 Å². The van der Waals surface area contributed by atoms with Crippen molar-refractivity contribution in [2.75, 3.05) is 6.61 Å². The quantitative estimate of drug-likeness (QED) is 0.628. The van der Waals surface area contributed by atoms with Crippen LogP contribution in [0.5, 0.6) is 0 Å². The molecule has 0 aromatic carbocycles. The third-order valence-electron chi connectivity index (χ3n) is 3.40. The normalized spacial score (nSPS) is 32.6. The lowest BCUT2D eigenvalue weighted by molar-refractivity contribution is -0.122. The highest BCUT2D eigenvalue weighted by Gasteiger charge is 2.54. The van der Waals surface area contributed by atoms with Gasteiger partial charge in [-0.05, 0) is 6.72 Å². The molecule has 0 amide bonds. The first-order valence-electron chi connectivity index (χ1n) is 6.02. The average molecular weight is 316 g/mol. The molecule has 1 aromatic heterocycles. The van der Waals surface area contributed by atoms with Gasteiger partial charge in [0, 0.05) is 17.8 Å². The van der Waals surface area contributed by atoms with Gasteiger partial charge in [0.1, 0.15) is 12.3 Å². The van der Waals surface area contributed by atoms with Gasteiger partial charge in [-0.25, -0.2) is 4.79 Å². The molecule has 1 saturated heterocycles. The fraction of sp³-hybridized carbons (Fsp3) is 0.417. The average Bonchev–Trinajstić information content (AvgIpc) is 2.74. The van der Waals surface area contributed by atoms with Gasteiger partial charge in [-0.3, -0.25) is 19.3 Å². The van der Waals surface area contributed by atoms with E-state index >= 15 is 0 Å².